The van der Waals surface area contributed by atoms with Crippen LogP contribution in [0.5, 0.6) is 0 Å². The molecule has 0 aliphatic carbocycles. The number of rotatable bonds is 6. The Labute approximate surface area is 188 Å². The van der Waals surface area contributed by atoms with Crippen LogP contribution >= 0.6 is 0 Å². The van der Waals surface area contributed by atoms with Gasteiger partial charge in [0.2, 0.25) is 15.9 Å². The lowest BCUT2D eigenvalue weighted by Gasteiger charge is -2.30. The third kappa shape index (κ3) is 4.40. The maximum atomic E-state index is 13.2. The van der Waals surface area contributed by atoms with Gasteiger partial charge < -0.3 is 5.32 Å². The molecule has 0 spiro atoms. The second-order valence-electron chi connectivity index (χ2n) is 8.48. The minimum atomic E-state index is -3.66. The quantitative estimate of drug-likeness (QED) is 0.611. The van der Waals surface area contributed by atoms with Gasteiger partial charge in [0.25, 0.3) is 0 Å². The zero-order valence-electron chi connectivity index (χ0n) is 18.7. The van der Waals surface area contributed by atoms with Crippen molar-refractivity contribution >= 4 is 32.7 Å². The number of aryl methyl sites for hydroxylation is 1. The van der Waals surface area contributed by atoms with Crippen LogP contribution in [0.15, 0.2) is 47.4 Å². The third-order valence-corrected chi connectivity index (χ3v) is 8.09. The predicted molar refractivity (Wildman–Crippen MR) is 124 cm³/mol. The minimum absolute atomic E-state index is 0.0595. The maximum Gasteiger partial charge on any atom is 0.243 e. The summed E-state index contributed by atoms with van der Waals surface area (Å²) in [7, 11) is -3.66. The Morgan fingerprint density at radius 3 is 2.62 bits per heavy atom. The molecule has 4 rings (SSSR count). The van der Waals surface area contributed by atoms with E-state index < -0.39 is 10.0 Å². The Kier molecular flexibility index (Phi) is 6.30. The highest BCUT2D eigenvalue weighted by Gasteiger charge is 2.32. The van der Waals surface area contributed by atoms with Crippen molar-refractivity contribution < 1.29 is 13.2 Å². The Hall–Kier alpha value is -2.78. The van der Waals surface area contributed by atoms with Gasteiger partial charge in [-0.3, -0.25) is 4.79 Å². The average molecular weight is 456 g/mol. The van der Waals surface area contributed by atoms with Crippen LogP contribution in [-0.4, -0.2) is 46.7 Å². The number of aromatic nitrogens is 3. The first-order valence-electron chi connectivity index (χ1n) is 11.0. The molecule has 32 heavy (non-hydrogen) atoms. The number of fused-ring (bicyclic) bond motifs is 1. The fourth-order valence-corrected chi connectivity index (χ4v) is 5.55. The highest BCUT2D eigenvalue weighted by atomic mass is 32.2. The highest BCUT2D eigenvalue weighted by Crippen LogP contribution is 2.27. The van der Waals surface area contributed by atoms with E-state index in [0.29, 0.717) is 31.4 Å². The first kappa shape index (κ1) is 22.4. The molecule has 0 saturated carbocycles. The van der Waals surface area contributed by atoms with Gasteiger partial charge in [-0.2, -0.15) is 4.31 Å². The molecule has 0 bridgehead atoms. The van der Waals surface area contributed by atoms with Crippen molar-refractivity contribution in [3.63, 3.8) is 0 Å². The Morgan fingerprint density at radius 2 is 1.94 bits per heavy atom. The molecule has 0 unspecified atom stereocenters. The van der Waals surface area contributed by atoms with Crippen LogP contribution < -0.4 is 5.32 Å². The molecule has 170 valence electrons. The van der Waals surface area contributed by atoms with E-state index in [1.54, 1.807) is 18.2 Å². The Balaban J connectivity index is 1.44. The van der Waals surface area contributed by atoms with Gasteiger partial charge in [-0.25, -0.2) is 13.1 Å². The Bertz CT molecular complexity index is 1230. The summed E-state index contributed by atoms with van der Waals surface area (Å²) in [6.45, 7) is 6.72. The van der Waals surface area contributed by atoms with Crippen molar-refractivity contribution in [1.29, 1.82) is 0 Å². The van der Waals surface area contributed by atoms with Gasteiger partial charge in [-0.1, -0.05) is 24.3 Å². The van der Waals surface area contributed by atoms with Crippen molar-refractivity contribution in [3.05, 3.63) is 48.0 Å². The summed E-state index contributed by atoms with van der Waals surface area (Å²) in [5, 5.41) is 11.3. The lowest BCUT2D eigenvalue weighted by atomic mass is 9.97. The third-order valence-electron chi connectivity index (χ3n) is 6.20. The van der Waals surface area contributed by atoms with Gasteiger partial charge in [0.15, 0.2) is 0 Å². The van der Waals surface area contributed by atoms with Crippen LogP contribution in [-0.2, 0) is 14.8 Å². The van der Waals surface area contributed by atoms with Crippen molar-refractivity contribution in [1.82, 2.24) is 19.3 Å². The van der Waals surface area contributed by atoms with Gasteiger partial charge in [-0.15, -0.1) is 5.10 Å². The normalized spacial score (nSPS) is 16.8. The SMILES string of the molecule is CC[C@@H](C)n1nnc2cc(S(=O)(=O)N3CCC(C(=O)Nc4cccc(C)c4)CC3)ccc21. The van der Waals surface area contributed by atoms with Crippen molar-refractivity contribution in [2.45, 2.75) is 51.0 Å². The number of benzene rings is 2. The topological polar surface area (TPSA) is 97.2 Å². The van der Waals surface area contributed by atoms with E-state index >= 15 is 0 Å². The lowest BCUT2D eigenvalue weighted by molar-refractivity contribution is -0.120. The number of carbonyl (C=O) groups is 1. The molecule has 9 heteroatoms. The van der Waals surface area contributed by atoms with Crippen LogP contribution in [0.1, 0.15) is 44.7 Å². The number of hydrogen-bond acceptors (Lipinski definition) is 5. The van der Waals surface area contributed by atoms with E-state index in [4.69, 9.17) is 0 Å². The summed E-state index contributed by atoms with van der Waals surface area (Å²) in [6, 6.07) is 12.8. The van der Waals surface area contributed by atoms with Crippen LogP contribution in [0.3, 0.4) is 0 Å². The van der Waals surface area contributed by atoms with E-state index in [0.717, 1.165) is 23.2 Å². The van der Waals surface area contributed by atoms with Crippen molar-refractivity contribution in [3.8, 4) is 0 Å². The number of anilines is 1. The molecule has 0 radical (unpaired) electrons. The highest BCUT2D eigenvalue weighted by molar-refractivity contribution is 7.89. The first-order valence-corrected chi connectivity index (χ1v) is 12.5. The monoisotopic (exact) mass is 455 g/mol. The van der Waals surface area contributed by atoms with E-state index in [1.165, 1.54) is 4.31 Å². The van der Waals surface area contributed by atoms with Crippen LogP contribution in [0, 0.1) is 12.8 Å². The molecular weight excluding hydrogens is 426 g/mol. The zero-order valence-corrected chi connectivity index (χ0v) is 19.5. The molecule has 8 nitrogen and oxygen atoms in total. The van der Waals surface area contributed by atoms with Gasteiger partial charge in [-0.05, 0) is 69.0 Å². The van der Waals surface area contributed by atoms with Crippen LogP contribution in [0.4, 0.5) is 5.69 Å². The number of nitrogens with zero attached hydrogens (tertiary/aromatic N) is 4. The number of carbonyl (C=O) groups excluding carboxylic acids is 1. The fraction of sp³-hybridized carbons (Fsp3) is 0.435. The molecule has 1 aliphatic rings. The van der Waals surface area contributed by atoms with Crippen LogP contribution in [0.2, 0.25) is 0 Å². The standard InChI is InChI=1S/C23H29N5O3S/c1-4-17(3)28-22-9-8-20(15-21(22)25-26-28)32(30,31)27-12-10-18(11-13-27)23(29)24-19-7-5-6-16(2)14-19/h5-9,14-15,17-18H,4,10-13H2,1-3H3,(H,24,29)/t17-/m1/s1. The fourth-order valence-electron chi connectivity index (χ4n) is 4.06. The lowest BCUT2D eigenvalue weighted by Crippen LogP contribution is -2.41. The molecule has 2 heterocycles. The maximum absolute atomic E-state index is 13.2. The number of amides is 1. The number of hydrogen-bond donors (Lipinski definition) is 1. The molecule has 1 aromatic heterocycles. The van der Waals surface area contributed by atoms with E-state index in [2.05, 4.69) is 29.5 Å². The van der Waals surface area contributed by atoms with E-state index in [-0.39, 0.29) is 22.8 Å². The molecular formula is C23H29N5O3S. The van der Waals surface area contributed by atoms with Gasteiger partial charge in [0.1, 0.15) is 5.52 Å². The largest absolute Gasteiger partial charge is 0.326 e. The average Bonchev–Trinajstić information content (AvgIpc) is 3.22. The summed E-state index contributed by atoms with van der Waals surface area (Å²) in [5.74, 6) is -0.268. The molecule has 1 atom stereocenters. The predicted octanol–water partition coefficient (Wildman–Crippen LogP) is 3.75. The molecule has 1 fully saturated rings. The summed E-state index contributed by atoms with van der Waals surface area (Å²) in [4.78, 5) is 12.8. The van der Waals surface area contributed by atoms with Crippen molar-refractivity contribution in [2.24, 2.45) is 5.92 Å². The van der Waals surface area contributed by atoms with Gasteiger partial charge in [0.05, 0.1) is 16.5 Å². The minimum Gasteiger partial charge on any atom is -0.326 e. The summed E-state index contributed by atoms with van der Waals surface area (Å²) in [6.07, 6.45) is 1.89. The molecule has 1 aliphatic heterocycles. The second-order valence-corrected chi connectivity index (χ2v) is 10.4. The molecule has 1 N–H and O–H groups in total. The number of piperidine rings is 1. The summed E-state index contributed by atoms with van der Waals surface area (Å²) >= 11 is 0. The smallest absolute Gasteiger partial charge is 0.243 e. The first-order chi connectivity index (χ1) is 15.3. The van der Waals surface area contributed by atoms with E-state index in [9.17, 15) is 13.2 Å². The second kappa shape index (κ2) is 8.99. The van der Waals surface area contributed by atoms with Gasteiger partial charge >= 0.3 is 0 Å². The molecule has 1 saturated heterocycles. The molecule has 1 amide bonds. The van der Waals surface area contributed by atoms with Crippen LogP contribution in [0.25, 0.3) is 11.0 Å². The molecule has 3 aromatic rings. The summed E-state index contributed by atoms with van der Waals surface area (Å²) in [5.41, 5.74) is 3.23. The molecule has 2 aromatic carbocycles. The Morgan fingerprint density at radius 1 is 1.19 bits per heavy atom. The van der Waals surface area contributed by atoms with Crippen molar-refractivity contribution in [2.75, 3.05) is 18.4 Å². The van der Waals surface area contributed by atoms with E-state index in [1.807, 2.05) is 35.9 Å². The number of nitrogens with one attached hydrogen (secondary N) is 1. The van der Waals surface area contributed by atoms with Gasteiger partial charge in [0, 0.05) is 24.7 Å². The zero-order chi connectivity index (χ0) is 22.9. The summed E-state index contributed by atoms with van der Waals surface area (Å²) < 4.78 is 29.7. The number of sulfonamides is 1.